The van der Waals surface area contributed by atoms with Crippen molar-refractivity contribution in [3.8, 4) is 5.75 Å². The van der Waals surface area contributed by atoms with Crippen molar-refractivity contribution in [1.82, 2.24) is 9.55 Å². The number of hydrogen-bond acceptors (Lipinski definition) is 2. The molecule has 144 valence electrons. The first-order valence-corrected chi connectivity index (χ1v) is 9.62. The summed E-state index contributed by atoms with van der Waals surface area (Å²) in [6.45, 7) is 11.0. The number of nitrogens with zero attached hydrogens (tertiary/aromatic N) is 2. The molecule has 0 aliphatic carbocycles. The van der Waals surface area contributed by atoms with Crippen LogP contribution in [-0.2, 0) is 5.54 Å². The van der Waals surface area contributed by atoms with Gasteiger partial charge >= 0.3 is 0 Å². The summed E-state index contributed by atoms with van der Waals surface area (Å²) in [6.07, 6.45) is 4.29. The third-order valence-corrected chi connectivity index (χ3v) is 5.15. The number of aryl methyl sites for hydroxylation is 2. The van der Waals surface area contributed by atoms with E-state index < -0.39 is 0 Å². The van der Waals surface area contributed by atoms with Crippen LogP contribution in [0.5, 0.6) is 5.75 Å². The Hall–Kier alpha value is -3.01. The Bertz CT molecular complexity index is 1260. The number of para-hydroxylation sites is 1. The molecule has 1 N–H and O–H groups in total. The van der Waals surface area contributed by atoms with Gasteiger partial charge in [0.05, 0.1) is 28.9 Å². The molecule has 1 aliphatic heterocycles. The SMILES string of the molecule is COc1c/c(=C2\C=c3ccccc3=N2)[nH]/c1=C\c1c(C)cc(C)n1C(C)(C)C. The van der Waals surface area contributed by atoms with Crippen molar-refractivity contribution in [2.24, 2.45) is 4.99 Å². The maximum atomic E-state index is 5.67. The molecule has 0 radical (unpaired) electrons. The Morgan fingerprint density at radius 1 is 1.11 bits per heavy atom. The molecule has 4 rings (SSSR count). The lowest BCUT2D eigenvalue weighted by atomic mass is 10.1. The predicted molar refractivity (Wildman–Crippen MR) is 114 cm³/mol. The quantitative estimate of drug-likeness (QED) is 0.736. The molecule has 0 bridgehead atoms. The van der Waals surface area contributed by atoms with E-state index in [0.717, 1.165) is 32.7 Å². The molecule has 0 atom stereocenters. The Labute approximate surface area is 165 Å². The largest absolute Gasteiger partial charge is 0.494 e. The van der Waals surface area contributed by atoms with E-state index in [1.807, 2.05) is 24.3 Å². The molecule has 0 unspecified atom stereocenters. The predicted octanol–water partition coefficient (Wildman–Crippen LogP) is 2.25. The molecular weight excluding hydrogens is 346 g/mol. The van der Waals surface area contributed by atoms with Crippen molar-refractivity contribution in [2.75, 3.05) is 7.11 Å². The molecule has 4 heteroatoms. The fourth-order valence-corrected chi connectivity index (χ4v) is 4.05. The van der Waals surface area contributed by atoms with E-state index in [0.29, 0.717) is 0 Å². The van der Waals surface area contributed by atoms with Gasteiger partial charge in [0, 0.05) is 28.2 Å². The van der Waals surface area contributed by atoms with Crippen LogP contribution in [0.4, 0.5) is 0 Å². The number of methoxy groups -OCH3 is 1. The first kappa shape index (κ1) is 18.4. The maximum Gasteiger partial charge on any atom is 0.144 e. The fraction of sp³-hybridized carbons (Fsp3) is 0.292. The van der Waals surface area contributed by atoms with Crippen LogP contribution >= 0.6 is 0 Å². The molecule has 0 saturated heterocycles. The average molecular weight is 374 g/mol. The molecule has 2 aromatic heterocycles. The Kier molecular flexibility index (Phi) is 4.30. The monoisotopic (exact) mass is 373 g/mol. The van der Waals surface area contributed by atoms with Gasteiger partial charge in [-0.2, -0.15) is 0 Å². The topological polar surface area (TPSA) is 42.3 Å². The first-order valence-electron chi connectivity index (χ1n) is 9.62. The van der Waals surface area contributed by atoms with Crippen molar-refractivity contribution in [3.63, 3.8) is 0 Å². The summed E-state index contributed by atoms with van der Waals surface area (Å²) in [7, 11) is 1.71. The standard InChI is InChI=1S/C24H27N3O/c1-15-11-16(2)27(24(3,4)5)22(15)13-21-23(28-6)14-20(26-21)19-12-17-9-7-8-10-18(17)25-19/h7-14,26H,1-6H3/b20-19-,21-13-. The second-order valence-electron chi connectivity index (χ2n) is 8.37. The minimum absolute atomic E-state index is 0.00219. The first-order chi connectivity index (χ1) is 13.3. The summed E-state index contributed by atoms with van der Waals surface area (Å²) in [6, 6.07) is 12.4. The van der Waals surface area contributed by atoms with Crippen LogP contribution in [-0.4, -0.2) is 16.7 Å². The highest BCUT2D eigenvalue weighted by molar-refractivity contribution is 5.76. The van der Waals surface area contributed by atoms with Gasteiger partial charge in [-0.05, 0) is 64.5 Å². The third-order valence-electron chi connectivity index (χ3n) is 5.15. The Morgan fingerprint density at radius 2 is 1.86 bits per heavy atom. The number of aromatic nitrogens is 2. The maximum absolute atomic E-state index is 5.67. The molecule has 0 fully saturated rings. The van der Waals surface area contributed by atoms with Crippen LogP contribution in [0.2, 0.25) is 0 Å². The smallest absolute Gasteiger partial charge is 0.144 e. The van der Waals surface area contributed by atoms with Crippen molar-refractivity contribution >= 4 is 17.8 Å². The molecular formula is C24H27N3O. The van der Waals surface area contributed by atoms with Gasteiger partial charge in [0.1, 0.15) is 5.75 Å². The Balaban J connectivity index is 1.95. The summed E-state index contributed by atoms with van der Waals surface area (Å²) < 4.78 is 8.04. The lowest BCUT2D eigenvalue weighted by Gasteiger charge is -2.26. The highest BCUT2D eigenvalue weighted by atomic mass is 16.5. The van der Waals surface area contributed by atoms with E-state index in [-0.39, 0.29) is 5.54 Å². The number of fused-ring (bicyclic) bond motifs is 1. The number of nitrogens with one attached hydrogen (secondary N) is 1. The number of rotatable bonds is 2. The molecule has 0 saturated carbocycles. The van der Waals surface area contributed by atoms with Gasteiger partial charge < -0.3 is 14.3 Å². The molecule has 28 heavy (non-hydrogen) atoms. The van der Waals surface area contributed by atoms with Crippen LogP contribution < -0.4 is 26.0 Å². The van der Waals surface area contributed by atoms with Gasteiger partial charge in [-0.1, -0.05) is 18.2 Å². The lowest BCUT2D eigenvalue weighted by molar-refractivity contribution is 0.387. The van der Waals surface area contributed by atoms with Crippen LogP contribution in [0.1, 0.15) is 37.7 Å². The highest BCUT2D eigenvalue weighted by Gasteiger charge is 2.19. The van der Waals surface area contributed by atoms with Crippen LogP contribution in [0.25, 0.3) is 17.8 Å². The minimum atomic E-state index is -0.00219. The summed E-state index contributed by atoms with van der Waals surface area (Å²) >= 11 is 0. The van der Waals surface area contributed by atoms with Gasteiger partial charge in [-0.15, -0.1) is 0 Å². The van der Waals surface area contributed by atoms with Gasteiger partial charge in [-0.3, -0.25) is 0 Å². The number of hydrogen-bond donors (Lipinski definition) is 1. The Morgan fingerprint density at radius 3 is 2.54 bits per heavy atom. The lowest BCUT2D eigenvalue weighted by Crippen LogP contribution is -2.25. The van der Waals surface area contributed by atoms with Gasteiger partial charge in [0.2, 0.25) is 0 Å². The highest BCUT2D eigenvalue weighted by Crippen LogP contribution is 2.25. The second kappa shape index (κ2) is 6.55. The van der Waals surface area contributed by atoms with Crippen LogP contribution in [0, 0.1) is 13.8 Å². The van der Waals surface area contributed by atoms with Crippen LogP contribution in [0.3, 0.4) is 0 Å². The summed E-state index contributed by atoms with van der Waals surface area (Å²) in [5, 5.41) is 4.06. The molecule has 0 spiro atoms. The fourth-order valence-electron chi connectivity index (χ4n) is 4.05. The normalized spacial score (nSPS) is 16.0. The zero-order chi connectivity index (χ0) is 20.1. The number of ether oxygens (including phenoxy) is 1. The summed E-state index contributed by atoms with van der Waals surface area (Å²) in [4.78, 5) is 8.27. The third kappa shape index (κ3) is 3.09. The van der Waals surface area contributed by atoms with Gasteiger partial charge in [0.15, 0.2) is 0 Å². The van der Waals surface area contributed by atoms with E-state index in [4.69, 9.17) is 9.73 Å². The average Bonchev–Trinajstić information content (AvgIpc) is 3.29. The van der Waals surface area contributed by atoms with E-state index in [1.54, 1.807) is 7.11 Å². The molecule has 3 aromatic rings. The second-order valence-corrected chi connectivity index (χ2v) is 8.37. The molecule has 4 nitrogen and oxygen atoms in total. The van der Waals surface area contributed by atoms with E-state index in [1.165, 1.54) is 17.0 Å². The summed E-state index contributed by atoms with van der Waals surface area (Å²) in [5.74, 6) is 0.820. The van der Waals surface area contributed by atoms with Gasteiger partial charge in [-0.25, -0.2) is 4.99 Å². The summed E-state index contributed by atoms with van der Waals surface area (Å²) in [5.41, 5.74) is 4.63. The van der Waals surface area contributed by atoms with E-state index >= 15 is 0 Å². The molecule has 0 amide bonds. The van der Waals surface area contributed by atoms with Gasteiger partial charge in [0.25, 0.3) is 0 Å². The van der Waals surface area contributed by atoms with Crippen LogP contribution in [0.15, 0.2) is 41.4 Å². The minimum Gasteiger partial charge on any atom is -0.494 e. The zero-order valence-electron chi connectivity index (χ0n) is 17.4. The number of benzene rings is 1. The zero-order valence-corrected chi connectivity index (χ0v) is 17.4. The molecule has 1 aromatic carbocycles. The van der Waals surface area contributed by atoms with Crippen molar-refractivity contribution < 1.29 is 4.74 Å². The van der Waals surface area contributed by atoms with Crippen molar-refractivity contribution in [2.45, 2.75) is 40.2 Å². The molecule has 3 heterocycles. The number of H-pyrrole nitrogens is 1. The van der Waals surface area contributed by atoms with Crippen molar-refractivity contribution in [3.05, 3.63) is 74.6 Å². The molecule has 1 aliphatic rings. The number of aromatic amines is 1. The van der Waals surface area contributed by atoms with Crippen molar-refractivity contribution in [1.29, 1.82) is 0 Å². The van der Waals surface area contributed by atoms with E-state index in [2.05, 4.69) is 68.5 Å². The van der Waals surface area contributed by atoms with E-state index in [9.17, 15) is 0 Å².